The van der Waals surface area contributed by atoms with Crippen LogP contribution < -0.4 is 5.32 Å². The maximum Gasteiger partial charge on any atom is 0.253 e. The summed E-state index contributed by atoms with van der Waals surface area (Å²) in [6, 6.07) is 6.55. The van der Waals surface area contributed by atoms with E-state index >= 15 is 0 Å². The molecule has 1 aliphatic carbocycles. The first-order valence-electron chi connectivity index (χ1n) is 6.44. The lowest BCUT2D eigenvalue weighted by Gasteiger charge is -2.37. The molecule has 1 amide bonds. The molecule has 0 heterocycles. The number of nitrogens with one attached hydrogen (secondary N) is 1. The fourth-order valence-electron chi connectivity index (χ4n) is 2.39. The monoisotopic (exact) mass is 305 g/mol. The largest absolute Gasteiger partial charge is 0.351 e. The SMILES string of the molecule is COC1(NC(=O)c2ccc(Cl)cc2)C(C)=CC(=O)C=C1C. The third-order valence-electron chi connectivity index (χ3n) is 3.53. The van der Waals surface area contributed by atoms with E-state index in [0.717, 1.165) is 0 Å². The molecule has 1 N–H and O–H groups in total. The highest BCUT2D eigenvalue weighted by molar-refractivity contribution is 6.30. The Morgan fingerprint density at radius 1 is 1.14 bits per heavy atom. The molecule has 4 nitrogen and oxygen atoms in total. The normalized spacial score (nSPS) is 17.0. The minimum Gasteiger partial charge on any atom is -0.351 e. The molecule has 1 aromatic carbocycles. The highest BCUT2D eigenvalue weighted by atomic mass is 35.5. The van der Waals surface area contributed by atoms with E-state index in [0.29, 0.717) is 21.7 Å². The van der Waals surface area contributed by atoms with Gasteiger partial charge in [0.1, 0.15) is 0 Å². The van der Waals surface area contributed by atoms with E-state index in [2.05, 4.69) is 5.32 Å². The smallest absolute Gasteiger partial charge is 0.253 e. The Bertz CT molecular complexity index is 622. The molecule has 2 rings (SSSR count). The zero-order valence-electron chi connectivity index (χ0n) is 12.1. The minimum atomic E-state index is -1.09. The van der Waals surface area contributed by atoms with Crippen molar-refractivity contribution in [3.05, 3.63) is 58.1 Å². The number of benzene rings is 1. The van der Waals surface area contributed by atoms with Gasteiger partial charge in [-0.1, -0.05) is 11.6 Å². The lowest BCUT2D eigenvalue weighted by Crippen LogP contribution is -2.53. The first kappa shape index (κ1) is 15.5. The number of hydrogen-bond acceptors (Lipinski definition) is 3. The summed E-state index contributed by atoms with van der Waals surface area (Å²) in [7, 11) is 1.49. The number of halogens is 1. The fourth-order valence-corrected chi connectivity index (χ4v) is 2.51. The molecule has 0 fully saturated rings. The highest BCUT2D eigenvalue weighted by Crippen LogP contribution is 2.30. The quantitative estimate of drug-likeness (QED) is 0.874. The van der Waals surface area contributed by atoms with Gasteiger partial charge in [0.25, 0.3) is 5.91 Å². The summed E-state index contributed by atoms with van der Waals surface area (Å²) in [5.74, 6) is -0.415. The molecule has 0 atom stereocenters. The van der Waals surface area contributed by atoms with E-state index in [9.17, 15) is 9.59 Å². The van der Waals surface area contributed by atoms with Crippen molar-refractivity contribution >= 4 is 23.3 Å². The first-order valence-corrected chi connectivity index (χ1v) is 6.81. The molecular weight excluding hydrogens is 290 g/mol. The van der Waals surface area contributed by atoms with Gasteiger partial charge in [0.05, 0.1) is 0 Å². The summed E-state index contributed by atoms with van der Waals surface area (Å²) in [6.07, 6.45) is 2.91. The molecule has 0 spiro atoms. The van der Waals surface area contributed by atoms with Crippen LogP contribution in [0.5, 0.6) is 0 Å². The van der Waals surface area contributed by atoms with E-state index < -0.39 is 5.72 Å². The van der Waals surface area contributed by atoms with Gasteiger partial charge < -0.3 is 10.1 Å². The van der Waals surface area contributed by atoms with Gasteiger partial charge in [-0.05, 0) is 61.4 Å². The zero-order valence-corrected chi connectivity index (χ0v) is 12.8. The van der Waals surface area contributed by atoms with Crippen molar-refractivity contribution in [2.45, 2.75) is 19.6 Å². The Morgan fingerprint density at radius 3 is 2.14 bits per heavy atom. The van der Waals surface area contributed by atoms with Crippen molar-refractivity contribution in [1.29, 1.82) is 0 Å². The first-order chi connectivity index (χ1) is 9.89. The molecule has 5 heteroatoms. The molecule has 0 saturated carbocycles. The molecule has 0 bridgehead atoms. The second-order valence-electron chi connectivity index (χ2n) is 4.90. The van der Waals surface area contributed by atoms with Crippen LogP contribution in [0.1, 0.15) is 24.2 Å². The van der Waals surface area contributed by atoms with Crippen molar-refractivity contribution in [3.63, 3.8) is 0 Å². The zero-order chi connectivity index (χ0) is 15.6. The maximum atomic E-state index is 12.4. The average Bonchev–Trinajstić information content (AvgIpc) is 2.43. The number of ketones is 1. The third-order valence-corrected chi connectivity index (χ3v) is 3.78. The summed E-state index contributed by atoms with van der Waals surface area (Å²) >= 11 is 5.81. The van der Waals surface area contributed by atoms with E-state index in [1.165, 1.54) is 19.3 Å². The van der Waals surface area contributed by atoms with Crippen molar-refractivity contribution in [2.75, 3.05) is 7.11 Å². The third kappa shape index (κ3) is 2.91. The van der Waals surface area contributed by atoms with E-state index in [1.807, 2.05) is 0 Å². The van der Waals surface area contributed by atoms with Gasteiger partial charge in [-0.25, -0.2) is 0 Å². The molecule has 0 radical (unpaired) electrons. The van der Waals surface area contributed by atoms with Gasteiger partial charge in [-0.2, -0.15) is 0 Å². The standard InChI is InChI=1S/C16H16ClNO3/c1-10-8-14(19)9-11(2)16(10,21-3)18-15(20)12-4-6-13(17)7-5-12/h4-9H,1-3H3,(H,18,20). The Hall–Kier alpha value is -1.91. The number of methoxy groups -OCH3 is 1. The van der Waals surface area contributed by atoms with Crippen LogP contribution >= 0.6 is 11.6 Å². The van der Waals surface area contributed by atoms with Crippen LogP contribution in [0.4, 0.5) is 0 Å². The fraction of sp³-hybridized carbons (Fsp3) is 0.250. The number of hydrogen-bond donors (Lipinski definition) is 1. The van der Waals surface area contributed by atoms with E-state index in [1.54, 1.807) is 38.1 Å². The number of amides is 1. The number of carbonyl (C=O) groups is 2. The van der Waals surface area contributed by atoms with Crippen LogP contribution in [0, 0.1) is 0 Å². The summed E-state index contributed by atoms with van der Waals surface area (Å²) in [6.45, 7) is 3.50. The van der Waals surface area contributed by atoms with Crippen molar-refractivity contribution < 1.29 is 14.3 Å². The van der Waals surface area contributed by atoms with E-state index in [-0.39, 0.29) is 11.7 Å². The van der Waals surface area contributed by atoms with Gasteiger partial charge >= 0.3 is 0 Å². The molecule has 110 valence electrons. The van der Waals surface area contributed by atoms with Crippen LogP contribution in [0.3, 0.4) is 0 Å². The summed E-state index contributed by atoms with van der Waals surface area (Å²) in [5.41, 5.74) is 0.646. The van der Waals surface area contributed by atoms with Crippen LogP contribution in [0.25, 0.3) is 0 Å². The van der Waals surface area contributed by atoms with Crippen molar-refractivity contribution in [3.8, 4) is 0 Å². The Labute approximate surface area is 128 Å². The Morgan fingerprint density at radius 2 is 1.67 bits per heavy atom. The summed E-state index contributed by atoms with van der Waals surface area (Å²) < 4.78 is 5.52. The van der Waals surface area contributed by atoms with Crippen molar-refractivity contribution in [2.24, 2.45) is 0 Å². The second-order valence-corrected chi connectivity index (χ2v) is 5.34. The lowest BCUT2D eigenvalue weighted by atomic mass is 9.89. The number of ether oxygens (including phenoxy) is 1. The maximum absolute atomic E-state index is 12.4. The summed E-state index contributed by atoms with van der Waals surface area (Å²) in [5, 5.41) is 3.40. The average molecular weight is 306 g/mol. The topological polar surface area (TPSA) is 55.4 Å². The predicted molar refractivity (Wildman–Crippen MR) is 81.2 cm³/mol. The molecule has 0 unspecified atom stereocenters. The number of carbonyl (C=O) groups excluding carboxylic acids is 2. The number of allylic oxidation sites excluding steroid dienone is 2. The molecule has 0 aromatic heterocycles. The van der Waals surface area contributed by atoms with Gasteiger partial charge in [0, 0.05) is 17.7 Å². The predicted octanol–water partition coefficient (Wildman–Crippen LogP) is 2.89. The lowest BCUT2D eigenvalue weighted by molar-refractivity contribution is -0.111. The summed E-state index contributed by atoms with van der Waals surface area (Å²) in [4.78, 5) is 23.9. The number of rotatable bonds is 3. The van der Waals surface area contributed by atoms with Gasteiger partial charge in [-0.3, -0.25) is 9.59 Å². The van der Waals surface area contributed by atoms with E-state index in [4.69, 9.17) is 16.3 Å². The van der Waals surface area contributed by atoms with Crippen LogP contribution in [-0.2, 0) is 9.53 Å². The van der Waals surface area contributed by atoms with Crippen molar-refractivity contribution in [1.82, 2.24) is 5.32 Å². The highest BCUT2D eigenvalue weighted by Gasteiger charge is 2.38. The van der Waals surface area contributed by atoms with Gasteiger partial charge in [-0.15, -0.1) is 0 Å². The second kappa shape index (κ2) is 5.84. The molecular formula is C16H16ClNO3. The van der Waals surface area contributed by atoms with Crippen LogP contribution in [0.15, 0.2) is 47.6 Å². The minimum absolute atomic E-state index is 0.113. The van der Waals surface area contributed by atoms with Gasteiger partial charge in [0.15, 0.2) is 11.5 Å². The molecule has 0 saturated heterocycles. The van der Waals surface area contributed by atoms with Crippen LogP contribution in [0.2, 0.25) is 5.02 Å². The molecule has 1 aromatic rings. The Balaban J connectivity index is 2.32. The molecule has 1 aliphatic rings. The molecule has 21 heavy (non-hydrogen) atoms. The molecule has 0 aliphatic heterocycles. The van der Waals surface area contributed by atoms with Crippen LogP contribution in [-0.4, -0.2) is 24.5 Å². The van der Waals surface area contributed by atoms with Gasteiger partial charge in [0.2, 0.25) is 0 Å². The Kier molecular flexibility index (Phi) is 4.30.